The lowest BCUT2D eigenvalue weighted by Crippen LogP contribution is -2.40. The molecule has 0 heterocycles. The maximum absolute atomic E-state index is 12.1. The van der Waals surface area contributed by atoms with Gasteiger partial charge in [0.2, 0.25) is 0 Å². The molecule has 0 aliphatic heterocycles. The normalized spacial score (nSPS) is 14.5. The Kier molecular flexibility index (Phi) is 8.60. The molecule has 0 saturated heterocycles. The number of thiocarbonyl (C=S) groups is 1. The largest absolute Gasteiger partial charge is 0.493 e. The Balaban J connectivity index is 1.53. The fourth-order valence-corrected chi connectivity index (χ4v) is 3.57. The van der Waals surface area contributed by atoms with Gasteiger partial charge >= 0.3 is 5.97 Å². The van der Waals surface area contributed by atoms with Gasteiger partial charge in [-0.15, -0.1) is 0 Å². The molecule has 0 amide bonds. The first-order chi connectivity index (χ1) is 15.1. The minimum atomic E-state index is -0.482. The summed E-state index contributed by atoms with van der Waals surface area (Å²) < 4.78 is 10.8. The van der Waals surface area contributed by atoms with Gasteiger partial charge in [-0.2, -0.15) is 5.10 Å². The zero-order chi connectivity index (χ0) is 21.9. The lowest BCUT2D eigenvalue weighted by atomic mass is 9.96. The van der Waals surface area contributed by atoms with Gasteiger partial charge in [-0.25, -0.2) is 4.79 Å². The molecule has 0 unspecified atom stereocenters. The molecule has 1 aliphatic carbocycles. The van der Waals surface area contributed by atoms with Crippen LogP contribution in [0.4, 0.5) is 0 Å². The van der Waals surface area contributed by atoms with Crippen LogP contribution in [0.5, 0.6) is 11.5 Å². The molecule has 0 atom stereocenters. The van der Waals surface area contributed by atoms with Gasteiger partial charge in [0, 0.05) is 12.1 Å². The number of esters is 1. The van der Waals surface area contributed by atoms with Crippen LogP contribution in [0.25, 0.3) is 6.08 Å². The van der Waals surface area contributed by atoms with Gasteiger partial charge in [0.1, 0.15) is 0 Å². The standard InChI is InChI=1S/C24H27N3O3S/c1-29-22-16-19(17-25-27-24(31)26-20-10-6-3-7-11-20)12-14-21(22)30-23(28)15-13-18-8-4-2-5-9-18/h2,4-5,8-9,12-17,20H,3,6-7,10-11H2,1H3,(H2,26,27,31)/b15-13+,25-17+. The lowest BCUT2D eigenvalue weighted by Gasteiger charge is -2.23. The molecule has 1 fully saturated rings. The second-order valence-electron chi connectivity index (χ2n) is 7.25. The SMILES string of the molecule is COc1cc(/C=N/NC(=S)NC2CCCCC2)ccc1OC(=O)/C=C/c1ccccc1. The highest BCUT2D eigenvalue weighted by atomic mass is 32.1. The third-order valence-corrected chi connectivity index (χ3v) is 5.14. The van der Waals surface area contributed by atoms with Gasteiger partial charge in [-0.3, -0.25) is 5.43 Å². The van der Waals surface area contributed by atoms with E-state index in [0.29, 0.717) is 22.7 Å². The highest BCUT2D eigenvalue weighted by Gasteiger charge is 2.13. The van der Waals surface area contributed by atoms with Gasteiger partial charge in [0.25, 0.3) is 0 Å². The first kappa shape index (κ1) is 22.5. The summed E-state index contributed by atoms with van der Waals surface area (Å²) in [4.78, 5) is 12.1. The van der Waals surface area contributed by atoms with Crippen LogP contribution in [0.1, 0.15) is 43.2 Å². The number of ether oxygens (including phenoxy) is 2. The summed E-state index contributed by atoms with van der Waals surface area (Å²) in [6, 6.07) is 15.2. The Morgan fingerprint density at radius 3 is 2.58 bits per heavy atom. The van der Waals surface area contributed by atoms with Crippen molar-refractivity contribution in [3.63, 3.8) is 0 Å². The minimum absolute atomic E-state index is 0.338. The van der Waals surface area contributed by atoms with Gasteiger partial charge in [0.05, 0.1) is 13.3 Å². The van der Waals surface area contributed by atoms with Crippen LogP contribution in [0.2, 0.25) is 0 Å². The Bertz CT molecular complexity index is 938. The predicted octanol–water partition coefficient (Wildman–Crippen LogP) is 4.44. The smallest absolute Gasteiger partial charge is 0.336 e. The number of hydrogen-bond donors (Lipinski definition) is 2. The van der Waals surface area contributed by atoms with Crippen LogP contribution >= 0.6 is 12.2 Å². The number of rotatable bonds is 7. The van der Waals surface area contributed by atoms with E-state index in [4.69, 9.17) is 21.7 Å². The van der Waals surface area contributed by atoms with Crippen LogP contribution in [0.3, 0.4) is 0 Å². The van der Waals surface area contributed by atoms with Crippen LogP contribution in [0, 0.1) is 0 Å². The number of hydrazone groups is 1. The maximum Gasteiger partial charge on any atom is 0.336 e. The summed E-state index contributed by atoms with van der Waals surface area (Å²) >= 11 is 5.30. The van der Waals surface area contributed by atoms with Crippen molar-refractivity contribution in [2.24, 2.45) is 5.10 Å². The molecule has 0 radical (unpaired) electrons. The number of carbonyl (C=O) groups is 1. The van der Waals surface area contributed by atoms with E-state index in [9.17, 15) is 4.79 Å². The Morgan fingerprint density at radius 1 is 1.06 bits per heavy atom. The van der Waals surface area contributed by atoms with Gasteiger partial charge in [-0.05, 0) is 60.5 Å². The Labute approximate surface area is 188 Å². The summed E-state index contributed by atoms with van der Waals surface area (Å²) in [5.74, 6) is 0.294. The minimum Gasteiger partial charge on any atom is -0.493 e. The number of nitrogens with zero attached hydrogens (tertiary/aromatic N) is 1. The summed E-state index contributed by atoms with van der Waals surface area (Å²) in [6.07, 6.45) is 10.8. The van der Waals surface area contributed by atoms with Crippen molar-refractivity contribution in [2.75, 3.05) is 7.11 Å². The monoisotopic (exact) mass is 437 g/mol. The van der Waals surface area contributed by atoms with E-state index in [-0.39, 0.29) is 0 Å². The summed E-state index contributed by atoms with van der Waals surface area (Å²) in [5.41, 5.74) is 4.55. The molecule has 2 aromatic carbocycles. The first-order valence-corrected chi connectivity index (χ1v) is 10.8. The zero-order valence-corrected chi connectivity index (χ0v) is 18.4. The number of hydrogen-bond acceptors (Lipinski definition) is 5. The molecule has 1 saturated carbocycles. The average molecular weight is 438 g/mol. The third-order valence-electron chi connectivity index (χ3n) is 4.93. The molecule has 6 nitrogen and oxygen atoms in total. The lowest BCUT2D eigenvalue weighted by molar-refractivity contribution is -0.129. The van der Waals surface area contributed by atoms with E-state index >= 15 is 0 Å². The molecule has 31 heavy (non-hydrogen) atoms. The van der Waals surface area contributed by atoms with E-state index in [1.54, 1.807) is 30.5 Å². The van der Waals surface area contributed by atoms with Crippen molar-refractivity contribution in [2.45, 2.75) is 38.1 Å². The highest BCUT2D eigenvalue weighted by molar-refractivity contribution is 7.80. The van der Waals surface area contributed by atoms with E-state index in [0.717, 1.165) is 24.0 Å². The van der Waals surface area contributed by atoms with Gasteiger partial charge in [0.15, 0.2) is 16.6 Å². The van der Waals surface area contributed by atoms with E-state index in [2.05, 4.69) is 15.8 Å². The molecule has 162 valence electrons. The van der Waals surface area contributed by atoms with E-state index < -0.39 is 5.97 Å². The summed E-state index contributed by atoms with van der Waals surface area (Å²) in [7, 11) is 1.52. The molecule has 0 bridgehead atoms. The fraction of sp³-hybridized carbons (Fsp3) is 0.292. The first-order valence-electron chi connectivity index (χ1n) is 10.4. The van der Waals surface area contributed by atoms with Crippen molar-refractivity contribution < 1.29 is 14.3 Å². The quantitative estimate of drug-likeness (QED) is 0.167. The van der Waals surface area contributed by atoms with Crippen LogP contribution in [-0.4, -0.2) is 30.4 Å². The third kappa shape index (κ3) is 7.53. The van der Waals surface area contributed by atoms with Crippen LogP contribution < -0.4 is 20.2 Å². The van der Waals surface area contributed by atoms with Crippen molar-refractivity contribution in [1.29, 1.82) is 0 Å². The van der Waals surface area contributed by atoms with E-state index in [1.165, 1.54) is 32.4 Å². The van der Waals surface area contributed by atoms with E-state index in [1.807, 2.05) is 30.3 Å². The van der Waals surface area contributed by atoms with Crippen molar-refractivity contribution in [3.8, 4) is 11.5 Å². The highest BCUT2D eigenvalue weighted by Crippen LogP contribution is 2.27. The van der Waals surface area contributed by atoms with Gasteiger partial charge in [-0.1, -0.05) is 49.6 Å². The zero-order valence-electron chi connectivity index (χ0n) is 17.5. The van der Waals surface area contributed by atoms with Crippen LogP contribution in [0.15, 0.2) is 59.7 Å². The number of carbonyl (C=O) groups excluding carboxylic acids is 1. The molecular formula is C24H27N3O3S. The topological polar surface area (TPSA) is 71.9 Å². The second-order valence-corrected chi connectivity index (χ2v) is 7.66. The molecule has 3 rings (SSSR count). The molecule has 0 aromatic heterocycles. The summed E-state index contributed by atoms with van der Waals surface area (Å²) in [6.45, 7) is 0. The second kappa shape index (κ2) is 11.9. The maximum atomic E-state index is 12.1. The number of nitrogens with one attached hydrogen (secondary N) is 2. The molecular weight excluding hydrogens is 410 g/mol. The van der Waals surface area contributed by atoms with Crippen molar-refractivity contribution in [1.82, 2.24) is 10.7 Å². The summed E-state index contributed by atoms with van der Waals surface area (Å²) in [5, 5.41) is 8.00. The fourth-order valence-electron chi connectivity index (χ4n) is 3.35. The van der Waals surface area contributed by atoms with Crippen molar-refractivity contribution >= 4 is 35.6 Å². The van der Waals surface area contributed by atoms with Gasteiger partial charge < -0.3 is 14.8 Å². The predicted molar refractivity (Wildman–Crippen MR) is 127 cm³/mol. The molecule has 2 N–H and O–H groups in total. The molecule has 2 aromatic rings. The van der Waals surface area contributed by atoms with Crippen molar-refractivity contribution in [3.05, 3.63) is 65.7 Å². The number of methoxy groups -OCH3 is 1. The Morgan fingerprint density at radius 2 is 1.84 bits per heavy atom. The number of benzene rings is 2. The van der Waals surface area contributed by atoms with Crippen LogP contribution in [-0.2, 0) is 4.79 Å². The average Bonchev–Trinajstić information content (AvgIpc) is 2.80. The molecule has 1 aliphatic rings. The Hall–Kier alpha value is -3.19. The molecule has 7 heteroatoms. The molecule has 0 spiro atoms.